The van der Waals surface area contributed by atoms with Crippen molar-refractivity contribution < 1.29 is 47.9 Å². The van der Waals surface area contributed by atoms with Gasteiger partial charge in [-0.05, 0) is 10.6 Å². The van der Waals surface area contributed by atoms with E-state index in [1.54, 1.807) is 0 Å². The Hall–Kier alpha value is -4.67. The van der Waals surface area contributed by atoms with Crippen LogP contribution in [0, 0.1) is 30.3 Å². The van der Waals surface area contributed by atoms with Gasteiger partial charge < -0.3 is 29.7 Å². The third-order valence-electron chi connectivity index (χ3n) is 6.19. The molecule has 0 bridgehead atoms. The zero-order chi connectivity index (χ0) is 29.9. The molecule has 24 nitrogen and oxygen atoms in total. The summed E-state index contributed by atoms with van der Waals surface area (Å²) >= 11 is 0. The second-order valence-corrected chi connectivity index (χ2v) is 9.72. The molecule has 0 radical (unpaired) electrons. The predicted octanol–water partition coefficient (Wildman–Crippen LogP) is 0.167. The van der Waals surface area contributed by atoms with E-state index in [-0.39, 0.29) is 17.0 Å². The van der Waals surface area contributed by atoms with Crippen LogP contribution in [0.5, 0.6) is 0 Å². The normalized spacial score (nSPS) is 27.5. The third kappa shape index (κ3) is 4.71. The first kappa shape index (κ1) is 27.9. The summed E-state index contributed by atoms with van der Waals surface area (Å²) in [5.74, 6) is -3.18. The van der Waals surface area contributed by atoms with Gasteiger partial charge in [-0.25, -0.2) is 19.5 Å². The van der Waals surface area contributed by atoms with Crippen molar-refractivity contribution in [3.63, 3.8) is 0 Å². The van der Waals surface area contributed by atoms with Crippen molar-refractivity contribution in [1.29, 1.82) is 0 Å². The lowest BCUT2D eigenvalue weighted by Gasteiger charge is -2.29. The number of nitrogen functional groups attached to an aromatic ring is 1. The highest BCUT2D eigenvalue weighted by molar-refractivity contribution is 7.46. The second kappa shape index (κ2) is 9.76. The first-order valence-electron chi connectivity index (χ1n) is 10.9. The number of rotatable bonds is 8. The van der Waals surface area contributed by atoms with Crippen LogP contribution in [0.15, 0.2) is 34.6 Å². The van der Waals surface area contributed by atoms with Crippen LogP contribution < -0.4 is 5.73 Å². The fourth-order valence-corrected chi connectivity index (χ4v) is 4.99. The van der Waals surface area contributed by atoms with Crippen LogP contribution in [0.3, 0.4) is 0 Å². The highest BCUT2D eigenvalue weighted by atomic mass is 31.2. The van der Waals surface area contributed by atoms with Crippen LogP contribution in [-0.2, 0) is 23.3 Å². The van der Waals surface area contributed by atoms with E-state index in [9.17, 15) is 44.7 Å². The quantitative estimate of drug-likeness (QED) is 0.0908. The molecule has 1 spiro atoms. The average molecular weight is 599 g/mol. The Bertz CT molecular complexity index is 1660. The highest BCUT2D eigenvalue weighted by Gasteiger charge is 2.67. The van der Waals surface area contributed by atoms with Crippen LogP contribution >= 0.6 is 7.82 Å². The number of nitro groups is 3. The minimum atomic E-state index is -5.10. The lowest BCUT2D eigenvalue weighted by atomic mass is 9.99. The lowest BCUT2D eigenvalue weighted by molar-refractivity contribution is -0.493. The molecule has 3 aliphatic rings. The van der Waals surface area contributed by atoms with Crippen LogP contribution in [0.25, 0.3) is 21.6 Å². The molecule has 4 heterocycles. The molecule has 1 aliphatic carbocycles. The number of azide groups is 1. The largest absolute Gasteiger partial charge is 0.469 e. The van der Waals surface area contributed by atoms with Gasteiger partial charge in [-0.1, -0.05) is 0 Å². The second-order valence-electron chi connectivity index (χ2n) is 8.48. The summed E-state index contributed by atoms with van der Waals surface area (Å²) in [6.07, 6.45) is -5.82. The number of hydrogen-bond acceptors (Lipinski definition) is 16. The monoisotopic (exact) mass is 599 g/mol. The molecular weight excluding hydrogens is 585 g/mol. The lowest BCUT2D eigenvalue weighted by Crippen LogP contribution is -2.43. The molecule has 4 N–H and O–H groups in total. The topological polar surface area (TPSA) is 342 Å². The van der Waals surface area contributed by atoms with Gasteiger partial charge in [0.25, 0.3) is 5.79 Å². The SMILES string of the molecule is [N-]=[N+]=Nc1nc2c(N)ncnc2n1[C@@H]1O[C@H](COP(=O)(O)O)[C@H]2OC3(CC([N+](=O)[O-])=C([N+](=O)[O-])C=C3[N+](=O)[O-])O[C@H]21. The molecule has 5 rings (SSSR count). The van der Waals surface area contributed by atoms with Gasteiger partial charge in [0.15, 0.2) is 23.2 Å². The van der Waals surface area contributed by atoms with Gasteiger partial charge in [-0.3, -0.25) is 39.4 Å². The van der Waals surface area contributed by atoms with Gasteiger partial charge in [0.2, 0.25) is 5.95 Å². The Kier molecular flexibility index (Phi) is 6.63. The van der Waals surface area contributed by atoms with Gasteiger partial charge in [0.1, 0.15) is 37.1 Å². The first-order chi connectivity index (χ1) is 19.3. The van der Waals surface area contributed by atoms with E-state index in [4.69, 9.17) is 25.5 Å². The molecule has 216 valence electrons. The van der Waals surface area contributed by atoms with Crippen molar-refractivity contribution in [2.75, 3.05) is 12.3 Å². The van der Waals surface area contributed by atoms with E-state index < -0.39 is 89.0 Å². The molecule has 0 amide bonds. The van der Waals surface area contributed by atoms with Crippen LogP contribution in [0.4, 0.5) is 11.8 Å². The van der Waals surface area contributed by atoms with E-state index in [0.29, 0.717) is 6.08 Å². The number of phosphoric acid groups is 1. The summed E-state index contributed by atoms with van der Waals surface area (Å²) in [5.41, 5.74) is 11.4. The summed E-state index contributed by atoms with van der Waals surface area (Å²) in [5, 5.41) is 38.5. The smallest absolute Gasteiger partial charge is 0.382 e. The molecule has 41 heavy (non-hydrogen) atoms. The molecule has 2 fully saturated rings. The first-order valence-corrected chi connectivity index (χ1v) is 12.4. The molecule has 0 saturated carbocycles. The summed E-state index contributed by atoms with van der Waals surface area (Å²) in [6.45, 7) is -0.891. The zero-order valence-corrected chi connectivity index (χ0v) is 20.7. The number of nitrogens with two attached hydrogens (primary N) is 1. The summed E-state index contributed by atoms with van der Waals surface area (Å²) in [7, 11) is -5.10. The molecule has 0 aromatic carbocycles. The standard InChI is InChI=1S/C16H14N11O13P/c17-12-9-13(20-4-19-12)24(15(21-9)22-23-18)14-11-10(7(38-14)3-37-41(34,35)36)39-16(40-11)2-6(26(30)31)5(25(28)29)1-8(16)27(32)33/h1,4,7,10-11,14H,2-3H2,(H2,17,19,20)(H2,34,35,36)/t7-,10-,11-,14-,16?/m1/s1. The Morgan fingerprint density at radius 3 is 2.54 bits per heavy atom. The maximum Gasteiger partial charge on any atom is 0.469 e. The van der Waals surface area contributed by atoms with Crippen molar-refractivity contribution >= 4 is 30.8 Å². The number of anilines is 1. The number of fused-ring (bicyclic) bond motifs is 2. The number of ether oxygens (including phenoxy) is 3. The van der Waals surface area contributed by atoms with Gasteiger partial charge in [-0.15, -0.1) is 0 Å². The van der Waals surface area contributed by atoms with Crippen molar-refractivity contribution in [3.05, 3.63) is 70.3 Å². The minimum Gasteiger partial charge on any atom is -0.382 e. The van der Waals surface area contributed by atoms with Gasteiger partial charge >= 0.3 is 24.9 Å². The van der Waals surface area contributed by atoms with Gasteiger partial charge in [0, 0.05) is 4.91 Å². The predicted molar refractivity (Wildman–Crippen MR) is 124 cm³/mol. The molecule has 2 aliphatic heterocycles. The molecule has 1 unspecified atom stereocenters. The average Bonchev–Trinajstić information content (AvgIpc) is 3.52. The van der Waals surface area contributed by atoms with Crippen molar-refractivity contribution in [1.82, 2.24) is 19.5 Å². The van der Waals surface area contributed by atoms with Crippen molar-refractivity contribution in [2.45, 2.75) is 36.7 Å². The van der Waals surface area contributed by atoms with E-state index in [2.05, 4.69) is 29.5 Å². The van der Waals surface area contributed by atoms with Gasteiger partial charge in [-0.2, -0.15) is 0 Å². The number of hydrogen-bond donors (Lipinski definition) is 3. The van der Waals surface area contributed by atoms with E-state index in [1.165, 1.54) is 0 Å². The van der Waals surface area contributed by atoms with Crippen molar-refractivity contribution in [2.24, 2.45) is 5.11 Å². The fraction of sp³-hybridized carbons (Fsp3) is 0.438. The number of nitrogens with zero attached hydrogens (tertiary/aromatic N) is 10. The van der Waals surface area contributed by atoms with Crippen LogP contribution in [0.2, 0.25) is 0 Å². The maximum absolute atomic E-state index is 12.0. The molecule has 2 aromatic heterocycles. The number of phosphoric ester groups is 1. The van der Waals surface area contributed by atoms with Crippen LogP contribution in [0.1, 0.15) is 12.6 Å². The Morgan fingerprint density at radius 2 is 1.93 bits per heavy atom. The summed E-state index contributed by atoms with van der Waals surface area (Å²) < 4.78 is 34.5. The summed E-state index contributed by atoms with van der Waals surface area (Å²) in [4.78, 5) is 64.6. The maximum atomic E-state index is 12.0. The summed E-state index contributed by atoms with van der Waals surface area (Å²) in [6, 6.07) is 0. The van der Waals surface area contributed by atoms with E-state index in [0.717, 1.165) is 10.9 Å². The minimum absolute atomic E-state index is 0.0728. The van der Waals surface area contributed by atoms with E-state index >= 15 is 0 Å². The highest BCUT2D eigenvalue weighted by Crippen LogP contribution is 2.52. The van der Waals surface area contributed by atoms with E-state index in [1.807, 2.05) is 0 Å². The Balaban J connectivity index is 1.65. The van der Waals surface area contributed by atoms with Crippen LogP contribution in [-0.4, -0.2) is 74.8 Å². The molecular formula is C16H14N11O13P. The third-order valence-corrected chi connectivity index (χ3v) is 6.68. The number of allylic oxidation sites excluding steroid dienone is 1. The number of imidazole rings is 1. The van der Waals surface area contributed by atoms with Crippen molar-refractivity contribution in [3.8, 4) is 0 Å². The molecule has 5 atom stereocenters. The molecule has 2 saturated heterocycles. The number of aromatic nitrogens is 4. The van der Waals surface area contributed by atoms with Gasteiger partial charge in [0.05, 0.1) is 21.4 Å². The fourth-order valence-electron chi connectivity index (χ4n) is 4.65. The zero-order valence-electron chi connectivity index (χ0n) is 19.8. The molecule has 25 heteroatoms. The molecule has 2 aromatic rings. The Labute approximate surface area is 223 Å². The Morgan fingerprint density at radius 1 is 1.22 bits per heavy atom.